The third kappa shape index (κ3) is 5.14. The molecule has 1 atom stereocenters. The van der Waals surface area contributed by atoms with E-state index in [4.69, 9.17) is 0 Å². The summed E-state index contributed by atoms with van der Waals surface area (Å²) in [6.45, 7) is 2.08. The van der Waals surface area contributed by atoms with Crippen LogP contribution in [0.25, 0.3) is 0 Å². The number of hydrogen-bond acceptors (Lipinski definition) is 4. The molecule has 0 aromatic heterocycles. The van der Waals surface area contributed by atoms with E-state index < -0.39 is 0 Å². The SMILES string of the molecule is CN(C)C1CCN(c2ccc(NC(=O)c3ccc(NC(=O)C4=CCCC4)cc3)cc2)C1. The summed E-state index contributed by atoms with van der Waals surface area (Å²) in [7, 11) is 4.25. The molecule has 1 fully saturated rings. The van der Waals surface area contributed by atoms with Gasteiger partial charge in [-0.05, 0) is 88.3 Å². The van der Waals surface area contributed by atoms with Gasteiger partial charge in [0.25, 0.3) is 11.8 Å². The fourth-order valence-electron chi connectivity index (χ4n) is 4.15. The molecule has 162 valence electrons. The molecule has 6 nitrogen and oxygen atoms in total. The maximum Gasteiger partial charge on any atom is 0.255 e. The maximum atomic E-state index is 12.6. The van der Waals surface area contributed by atoms with Crippen LogP contribution in [0, 0.1) is 0 Å². The normalized spacial score (nSPS) is 18.2. The highest BCUT2D eigenvalue weighted by atomic mass is 16.2. The lowest BCUT2D eigenvalue weighted by Crippen LogP contribution is -2.31. The molecule has 2 N–H and O–H groups in total. The average Bonchev–Trinajstić information content (AvgIpc) is 3.47. The maximum absolute atomic E-state index is 12.6. The fourth-order valence-corrected chi connectivity index (χ4v) is 4.15. The highest BCUT2D eigenvalue weighted by Crippen LogP contribution is 2.24. The molecule has 2 aliphatic rings. The molecule has 0 radical (unpaired) electrons. The van der Waals surface area contributed by atoms with Crippen LogP contribution in [-0.2, 0) is 4.79 Å². The minimum Gasteiger partial charge on any atom is -0.370 e. The number of carbonyl (C=O) groups excluding carboxylic acids is 2. The fraction of sp³-hybridized carbons (Fsp3) is 0.360. The van der Waals surface area contributed by atoms with Crippen molar-refractivity contribution in [2.75, 3.05) is 42.7 Å². The van der Waals surface area contributed by atoms with Crippen LogP contribution < -0.4 is 15.5 Å². The first kappa shape index (κ1) is 21.1. The number of benzene rings is 2. The zero-order valence-corrected chi connectivity index (χ0v) is 18.2. The first-order valence-corrected chi connectivity index (χ1v) is 10.9. The molecule has 1 aliphatic carbocycles. The van der Waals surface area contributed by atoms with Gasteiger partial charge in [-0.25, -0.2) is 0 Å². The van der Waals surface area contributed by atoms with E-state index in [1.165, 1.54) is 12.1 Å². The van der Waals surface area contributed by atoms with Gasteiger partial charge in [0.1, 0.15) is 0 Å². The zero-order valence-electron chi connectivity index (χ0n) is 18.2. The Kier molecular flexibility index (Phi) is 6.37. The van der Waals surface area contributed by atoms with Gasteiger partial charge >= 0.3 is 0 Å². The van der Waals surface area contributed by atoms with Crippen LogP contribution in [0.5, 0.6) is 0 Å². The molecule has 31 heavy (non-hydrogen) atoms. The second-order valence-electron chi connectivity index (χ2n) is 8.51. The standard InChI is InChI=1S/C25H30N4O2/c1-28(2)23-15-16-29(17-23)22-13-11-21(12-14-22)27-25(31)19-7-9-20(10-8-19)26-24(30)18-5-3-4-6-18/h5,7-14,23H,3-4,6,15-17H2,1-2H3,(H,26,30)(H,27,31). The minimum atomic E-state index is -0.169. The lowest BCUT2D eigenvalue weighted by molar-refractivity contribution is -0.112. The Morgan fingerprint density at radius 1 is 0.935 bits per heavy atom. The van der Waals surface area contributed by atoms with E-state index in [-0.39, 0.29) is 11.8 Å². The van der Waals surface area contributed by atoms with Gasteiger partial charge in [0.15, 0.2) is 0 Å². The van der Waals surface area contributed by atoms with Crippen molar-refractivity contribution in [3.8, 4) is 0 Å². The van der Waals surface area contributed by atoms with Crippen molar-refractivity contribution < 1.29 is 9.59 Å². The van der Waals surface area contributed by atoms with Gasteiger partial charge in [-0.15, -0.1) is 0 Å². The van der Waals surface area contributed by atoms with Crippen LogP contribution in [0.1, 0.15) is 36.0 Å². The number of rotatable bonds is 6. The first-order chi connectivity index (χ1) is 15.0. The molecule has 1 heterocycles. The summed E-state index contributed by atoms with van der Waals surface area (Å²) >= 11 is 0. The smallest absolute Gasteiger partial charge is 0.255 e. The highest BCUT2D eigenvalue weighted by molar-refractivity contribution is 6.06. The topological polar surface area (TPSA) is 64.7 Å². The molecule has 1 aliphatic heterocycles. The molecule has 0 bridgehead atoms. The Labute approximate surface area is 183 Å². The molecule has 4 rings (SSSR count). The minimum absolute atomic E-state index is 0.0512. The van der Waals surface area contributed by atoms with Crippen LogP contribution in [0.15, 0.2) is 60.2 Å². The zero-order chi connectivity index (χ0) is 21.8. The molecule has 0 spiro atoms. The van der Waals surface area contributed by atoms with Crippen LogP contribution in [0.2, 0.25) is 0 Å². The van der Waals surface area contributed by atoms with Crippen LogP contribution in [-0.4, -0.2) is 49.9 Å². The number of nitrogens with one attached hydrogen (secondary N) is 2. The van der Waals surface area contributed by atoms with Gasteiger partial charge in [0.2, 0.25) is 0 Å². The Morgan fingerprint density at radius 2 is 1.58 bits per heavy atom. The summed E-state index contributed by atoms with van der Waals surface area (Å²) in [5.41, 5.74) is 4.04. The van der Waals surface area contributed by atoms with Crippen molar-refractivity contribution >= 4 is 28.9 Å². The van der Waals surface area contributed by atoms with Crippen molar-refractivity contribution in [3.05, 3.63) is 65.7 Å². The van der Waals surface area contributed by atoms with Gasteiger partial charge in [0.05, 0.1) is 0 Å². The van der Waals surface area contributed by atoms with E-state index in [0.717, 1.165) is 43.6 Å². The Bertz CT molecular complexity index is 964. The molecular weight excluding hydrogens is 388 g/mol. The summed E-state index contributed by atoms with van der Waals surface area (Å²) in [5, 5.41) is 5.84. The van der Waals surface area contributed by atoms with Crippen LogP contribution in [0.4, 0.5) is 17.1 Å². The number of carbonyl (C=O) groups is 2. The number of hydrogen-bond donors (Lipinski definition) is 2. The molecule has 1 saturated heterocycles. The van der Waals surface area contributed by atoms with Crippen molar-refractivity contribution in [2.24, 2.45) is 0 Å². The van der Waals surface area contributed by atoms with Crippen molar-refractivity contribution in [2.45, 2.75) is 31.7 Å². The third-order valence-corrected chi connectivity index (χ3v) is 6.12. The number of amides is 2. The molecule has 2 amide bonds. The van der Waals surface area contributed by atoms with Crippen LogP contribution >= 0.6 is 0 Å². The van der Waals surface area contributed by atoms with E-state index in [1.54, 1.807) is 24.3 Å². The quantitative estimate of drug-likeness (QED) is 0.740. The van der Waals surface area contributed by atoms with Gasteiger partial charge < -0.3 is 20.4 Å². The third-order valence-electron chi connectivity index (χ3n) is 6.12. The van der Waals surface area contributed by atoms with E-state index >= 15 is 0 Å². The molecule has 1 unspecified atom stereocenters. The Balaban J connectivity index is 1.32. The molecule has 2 aromatic carbocycles. The average molecular weight is 419 g/mol. The van der Waals surface area contributed by atoms with Gasteiger partial charge in [-0.1, -0.05) is 6.08 Å². The molecular formula is C25H30N4O2. The summed E-state index contributed by atoms with van der Waals surface area (Å²) in [6, 6.07) is 15.6. The summed E-state index contributed by atoms with van der Waals surface area (Å²) in [5.74, 6) is -0.220. The first-order valence-electron chi connectivity index (χ1n) is 10.9. The van der Waals surface area contributed by atoms with E-state index in [2.05, 4.69) is 46.7 Å². The summed E-state index contributed by atoms with van der Waals surface area (Å²) in [4.78, 5) is 29.4. The Hall–Kier alpha value is -3.12. The second kappa shape index (κ2) is 9.35. The monoisotopic (exact) mass is 418 g/mol. The second-order valence-corrected chi connectivity index (χ2v) is 8.51. The lowest BCUT2D eigenvalue weighted by Gasteiger charge is -2.22. The van der Waals surface area contributed by atoms with Crippen molar-refractivity contribution in [1.82, 2.24) is 4.90 Å². The van der Waals surface area contributed by atoms with Gasteiger partial charge in [-0.3, -0.25) is 9.59 Å². The lowest BCUT2D eigenvalue weighted by atomic mass is 10.1. The molecule has 0 saturated carbocycles. The van der Waals surface area contributed by atoms with Gasteiger partial charge in [-0.2, -0.15) is 0 Å². The number of allylic oxidation sites excluding steroid dienone is 1. The van der Waals surface area contributed by atoms with Crippen molar-refractivity contribution in [3.63, 3.8) is 0 Å². The predicted octanol–water partition coefficient (Wildman–Crippen LogP) is 4.13. The highest BCUT2D eigenvalue weighted by Gasteiger charge is 2.24. The van der Waals surface area contributed by atoms with Crippen LogP contribution in [0.3, 0.4) is 0 Å². The summed E-state index contributed by atoms with van der Waals surface area (Å²) < 4.78 is 0. The van der Waals surface area contributed by atoms with Crippen molar-refractivity contribution in [1.29, 1.82) is 0 Å². The number of nitrogens with zero attached hydrogens (tertiary/aromatic N) is 2. The van der Waals surface area contributed by atoms with E-state index in [1.807, 2.05) is 18.2 Å². The predicted molar refractivity (Wildman–Crippen MR) is 126 cm³/mol. The van der Waals surface area contributed by atoms with E-state index in [0.29, 0.717) is 17.3 Å². The number of likely N-dealkylation sites (N-methyl/N-ethyl adjacent to an activating group) is 1. The van der Waals surface area contributed by atoms with E-state index in [9.17, 15) is 9.59 Å². The van der Waals surface area contributed by atoms with Gasteiger partial charge in [0, 0.05) is 47.3 Å². The largest absolute Gasteiger partial charge is 0.370 e. The Morgan fingerprint density at radius 3 is 2.16 bits per heavy atom. The molecule has 2 aromatic rings. The molecule has 6 heteroatoms. The summed E-state index contributed by atoms with van der Waals surface area (Å²) in [6.07, 6.45) is 6.00. The number of anilines is 3.